The van der Waals surface area contributed by atoms with Gasteiger partial charge in [0.25, 0.3) is 5.91 Å². The summed E-state index contributed by atoms with van der Waals surface area (Å²) in [7, 11) is 0. The average Bonchev–Trinajstić information content (AvgIpc) is 2.95. The Morgan fingerprint density at radius 2 is 2.04 bits per heavy atom. The van der Waals surface area contributed by atoms with Gasteiger partial charge >= 0.3 is 6.18 Å². The lowest BCUT2D eigenvalue weighted by molar-refractivity contribution is -0.138. The summed E-state index contributed by atoms with van der Waals surface area (Å²) < 4.78 is 37.5. The lowest BCUT2D eigenvalue weighted by Gasteiger charge is -2.06. The number of rotatable bonds is 2. The third kappa shape index (κ3) is 3.25. The molecule has 0 spiro atoms. The predicted molar refractivity (Wildman–Crippen MR) is 79.6 cm³/mol. The molecule has 0 saturated heterocycles. The fourth-order valence-corrected chi connectivity index (χ4v) is 2.71. The maximum absolute atomic E-state index is 12.5. The van der Waals surface area contributed by atoms with Crippen molar-refractivity contribution in [3.8, 4) is 0 Å². The van der Waals surface area contributed by atoms with Gasteiger partial charge in [0.1, 0.15) is 0 Å². The molecule has 3 rings (SSSR count). The number of anilines is 1. The number of carbonyl (C=O) groups excluding carboxylic acids is 1. The third-order valence-electron chi connectivity index (χ3n) is 2.80. The van der Waals surface area contributed by atoms with Gasteiger partial charge in [0.2, 0.25) is 10.1 Å². The molecule has 1 aromatic carbocycles. The summed E-state index contributed by atoms with van der Waals surface area (Å²) in [5, 5.41) is 8.14. The van der Waals surface area contributed by atoms with Crippen molar-refractivity contribution in [3.05, 3.63) is 46.1 Å². The van der Waals surface area contributed by atoms with Crippen LogP contribution in [0.15, 0.2) is 30.5 Å². The number of nitrogens with one attached hydrogen (secondary N) is 1. The molecule has 10 heteroatoms. The van der Waals surface area contributed by atoms with E-state index >= 15 is 0 Å². The number of hydrogen-bond donors (Lipinski definition) is 1. The Morgan fingerprint density at radius 3 is 2.74 bits per heavy atom. The van der Waals surface area contributed by atoms with Gasteiger partial charge in [-0.3, -0.25) is 15.1 Å². The summed E-state index contributed by atoms with van der Waals surface area (Å²) >= 11 is 6.19. The molecule has 2 aromatic heterocycles. The van der Waals surface area contributed by atoms with Crippen molar-refractivity contribution in [1.29, 1.82) is 0 Å². The van der Waals surface area contributed by atoms with Crippen molar-refractivity contribution in [2.45, 2.75) is 6.18 Å². The van der Waals surface area contributed by atoms with Crippen LogP contribution in [0.25, 0.3) is 10.9 Å². The number of aromatic nitrogens is 3. The molecular weight excluding hydrogens is 353 g/mol. The zero-order valence-corrected chi connectivity index (χ0v) is 12.6. The molecule has 0 atom stereocenters. The molecule has 3 aromatic rings. The van der Waals surface area contributed by atoms with E-state index < -0.39 is 17.1 Å². The van der Waals surface area contributed by atoms with Crippen LogP contribution in [-0.2, 0) is 6.18 Å². The van der Waals surface area contributed by atoms with Crippen LogP contribution in [0.1, 0.15) is 15.4 Å². The van der Waals surface area contributed by atoms with Crippen LogP contribution < -0.4 is 5.32 Å². The Hall–Kier alpha value is -2.26. The van der Waals surface area contributed by atoms with Crippen LogP contribution in [0, 0.1) is 0 Å². The lowest BCUT2D eigenvalue weighted by atomic mass is 10.1. The van der Waals surface area contributed by atoms with Gasteiger partial charge < -0.3 is 0 Å². The topological polar surface area (TPSA) is 67.8 Å². The standard InChI is InChI=1S/C13H6ClF3N4OS/c14-7-4-6-2-1-3-18-9(6)8(5-7)10(22)19-12-21-20-11(23-12)13(15,16)17/h1-5H,(H,19,21,22). The maximum Gasteiger partial charge on any atom is 0.445 e. The molecule has 23 heavy (non-hydrogen) atoms. The van der Waals surface area contributed by atoms with E-state index in [2.05, 4.69) is 20.5 Å². The summed E-state index contributed by atoms with van der Waals surface area (Å²) in [5.74, 6) is -0.666. The molecule has 2 heterocycles. The van der Waals surface area contributed by atoms with E-state index in [0.717, 1.165) is 0 Å². The van der Waals surface area contributed by atoms with Gasteiger partial charge in [-0.1, -0.05) is 29.0 Å². The zero-order valence-electron chi connectivity index (χ0n) is 11.1. The smallest absolute Gasteiger partial charge is 0.296 e. The minimum absolute atomic E-state index is 0.136. The second-order valence-corrected chi connectivity index (χ2v) is 5.81. The van der Waals surface area contributed by atoms with E-state index in [1.807, 2.05) is 0 Å². The highest BCUT2D eigenvalue weighted by Gasteiger charge is 2.35. The minimum Gasteiger partial charge on any atom is -0.296 e. The number of benzene rings is 1. The van der Waals surface area contributed by atoms with Gasteiger partial charge in [-0.25, -0.2) is 0 Å². The van der Waals surface area contributed by atoms with Crippen LogP contribution in [0.2, 0.25) is 5.02 Å². The fraction of sp³-hybridized carbons (Fsp3) is 0.0769. The Balaban J connectivity index is 1.94. The SMILES string of the molecule is O=C(Nc1nnc(C(F)(F)F)s1)c1cc(Cl)cc2cccnc12. The Morgan fingerprint density at radius 1 is 1.26 bits per heavy atom. The second-order valence-electron chi connectivity index (χ2n) is 4.39. The molecule has 5 nitrogen and oxygen atoms in total. The summed E-state index contributed by atoms with van der Waals surface area (Å²) in [6.07, 6.45) is -3.11. The molecule has 0 saturated carbocycles. The van der Waals surface area contributed by atoms with Crippen molar-refractivity contribution in [2.75, 3.05) is 5.32 Å². The van der Waals surface area contributed by atoms with Gasteiger partial charge in [0.15, 0.2) is 0 Å². The van der Waals surface area contributed by atoms with Crippen LogP contribution >= 0.6 is 22.9 Å². The Labute approximate surface area is 136 Å². The average molecular weight is 359 g/mol. The number of nitrogens with zero attached hydrogens (tertiary/aromatic N) is 3. The van der Waals surface area contributed by atoms with E-state index in [9.17, 15) is 18.0 Å². The molecule has 0 aliphatic carbocycles. The fourth-order valence-electron chi connectivity index (χ4n) is 1.88. The first-order chi connectivity index (χ1) is 10.8. The van der Waals surface area contributed by atoms with E-state index in [1.54, 1.807) is 18.2 Å². The minimum atomic E-state index is -4.61. The molecule has 0 bridgehead atoms. The molecular formula is C13H6ClF3N4OS. The van der Waals surface area contributed by atoms with Crippen LogP contribution in [0.5, 0.6) is 0 Å². The zero-order chi connectivity index (χ0) is 16.6. The molecule has 118 valence electrons. The first-order valence-corrected chi connectivity index (χ1v) is 7.30. The number of alkyl halides is 3. The molecule has 0 radical (unpaired) electrons. The highest BCUT2D eigenvalue weighted by molar-refractivity contribution is 7.15. The van der Waals surface area contributed by atoms with Crippen LogP contribution in [0.4, 0.5) is 18.3 Å². The first kappa shape index (κ1) is 15.6. The monoisotopic (exact) mass is 358 g/mol. The normalized spacial score (nSPS) is 11.7. The van der Waals surface area contributed by atoms with Gasteiger partial charge in [-0.15, -0.1) is 10.2 Å². The van der Waals surface area contributed by atoms with E-state index in [1.165, 1.54) is 12.3 Å². The number of fused-ring (bicyclic) bond motifs is 1. The summed E-state index contributed by atoms with van der Waals surface area (Å²) in [6, 6.07) is 6.42. The number of amides is 1. The van der Waals surface area contributed by atoms with Crippen molar-refractivity contribution in [3.63, 3.8) is 0 Å². The quantitative estimate of drug-likeness (QED) is 0.751. The van der Waals surface area contributed by atoms with Gasteiger partial charge in [-0.05, 0) is 18.2 Å². The Kier molecular flexibility index (Phi) is 3.90. The maximum atomic E-state index is 12.5. The largest absolute Gasteiger partial charge is 0.445 e. The molecule has 1 N–H and O–H groups in total. The Bertz CT molecular complexity index is 896. The second kappa shape index (κ2) is 5.74. The molecule has 0 unspecified atom stereocenters. The van der Waals surface area contributed by atoms with Crippen molar-refractivity contribution < 1.29 is 18.0 Å². The molecule has 1 amide bonds. The predicted octanol–water partition coefficient (Wildman–Crippen LogP) is 4.01. The first-order valence-electron chi connectivity index (χ1n) is 6.11. The molecule has 0 aliphatic heterocycles. The van der Waals surface area contributed by atoms with Crippen molar-refractivity contribution in [2.24, 2.45) is 0 Å². The van der Waals surface area contributed by atoms with Gasteiger partial charge in [0, 0.05) is 16.6 Å². The molecule has 0 aliphatic rings. The number of halogens is 4. The van der Waals surface area contributed by atoms with Crippen LogP contribution in [-0.4, -0.2) is 21.1 Å². The highest BCUT2D eigenvalue weighted by atomic mass is 35.5. The summed E-state index contributed by atoms with van der Waals surface area (Å²) in [6.45, 7) is 0. The number of hydrogen-bond acceptors (Lipinski definition) is 5. The van der Waals surface area contributed by atoms with E-state index in [0.29, 0.717) is 15.9 Å². The number of pyridine rings is 1. The summed E-state index contributed by atoms with van der Waals surface area (Å²) in [5.41, 5.74) is 0.520. The van der Waals surface area contributed by atoms with Gasteiger partial charge in [-0.2, -0.15) is 13.2 Å². The van der Waals surface area contributed by atoms with Crippen molar-refractivity contribution >= 4 is 44.9 Å². The third-order valence-corrected chi connectivity index (χ3v) is 3.90. The van der Waals surface area contributed by atoms with Gasteiger partial charge in [0.05, 0.1) is 11.1 Å². The number of carbonyl (C=O) groups is 1. The van der Waals surface area contributed by atoms with E-state index in [-0.39, 0.29) is 22.0 Å². The molecule has 0 fully saturated rings. The van der Waals surface area contributed by atoms with Crippen LogP contribution in [0.3, 0.4) is 0 Å². The highest BCUT2D eigenvalue weighted by Crippen LogP contribution is 2.33. The van der Waals surface area contributed by atoms with Crippen molar-refractivity contribution in [1.82, 2.24) is 15.2 Å². The lowest BCUT2D eigenvalue weighted by Crippen LogP contribution is -2.12. The van der Waals surface area contributed by atoms with E-state index in [4.69, 9.17) is 11.6 Å². The summed E-state index contributed by atoms with van der Waals surface area (Å²) in [4.78, 5) is 16.4.